The number of aromatic nitrogens is 2. The van der Waals surface area contributed by atoms with Crippen LogP contribution in [0.15, 0.2) is 12.3 Å². The van der Waals surface area contributed by atoms with Gasteiger partial charge in [0.2, 0.25) is 0 Å². The highest BCUT2D eigenvalue weighted by Gasteiger charge is 2.24. The van der Waals surface area contributed by atoms with E-state index < -0.39 is 0 Å². The highest BCUT2D eigenvalue weighted by Crippen LogP contribution is 2.15. The molecule has 2 heterocycles. The molecule has 20 heavy (non-hydrogen) atoms. The van der Waals surface area contributed by atoms with Gasteiger partial charge in [-0.3, -0.25) is 4.68 Å². The summed E-state index contributed by atoms with van der Waals surface area (Å²) in [6, 6.07) is 3.36. The Labute approximate surface area is 122 Å². The zero-order chi connectivity index (χ0) is 14.5. The number of aryl methyl sites for hydroxylation is 2. The van der Waals surface area contributed by atoms with Crippen LogP contribution < -0.4 is 5.32 Å². The summed E-state index contributed by atoms with van der Waals surface area (Å²) in [5.41, 5.74) is 1.32. The molecule has 1 N–H and O–H groups in total. The first-order valence-corrected chi connectivity index (χ1v) is 7.63. The average Bonchev–Trinajstić information content (AvgIpc) is 2.84. The molecule has 0 spiro atoms. The quantitative estimate of drug-likeness (QED) is 0.826. The lowest BCUT2D eigenvalue weighted by Crippen LogP contribution is -2.52. The van der Waals surface area contributed by atoms with Gasteiger partial charge in [-0.2, -0.15) is 5.10 Å². The van der Waals surface area contributed by atoms with Gasteiger partial charge in [0.15, 0.2) is 0 Å². The number of piperazine rings is 1. The molecular formula is C15H29N5. The van der Waals surface area contributed by atoms with Gasteiger partial charge in [0.05, 0.1) is 0 Å². The molecule has 0 aromatic carbocycles. The van der Waals surface area contributed by atoms with Crippen molar-refractivity contribution >= 4 is 0 Å². The molecule has 1 aliphatic heterocycles. The number of nitrogens with zero attached hydrogens (tertiary/aromatic N) is 4. The van der Waals surface area contributed by atoms with Crippen LogP contribution >= 0.6 is 0 Å². The van der Waals surface area contributed by atoms with Gasteiger partial charge < -0.3 is 15.1 Å². The fourth-order valence-corrected chi connectivity index (χ4v) is 3.03. The van der Waals surface area contributed by atoms with E-state index in [1.54, 1.807) is 0 Å². The molecule has 0 saturated carbocycles. The Hall–Kier alpha value is -0.910. The van der Waals surface area contributed by atoms with E-state index in [2.05, 4.69) is 47.4 Å². The highest BCUT2D eigenvalue weighted by atomic mass is 15.3. The van der Waals surface area contributed by atoms with Crippen LogP contribution in [0.3, 0.4) is 0 Å². The molecule has 0 aliphatic carbocycles. The Morgan fingerprint density at radius 2 is 2.15 bits per heavy atom. The molecule has 1 saturated heterocycles. The zero-order valence-electron chi connectivity index (χ0n) is 13.3. The average molecular weight is 279 g/mol. The summed E-state index contributed by atoms with van der Waals surface area (Å²) in [5, 5.41) is 7.73. The van der Waals surface area contributed by atoms with Crippen LogP contribution in [0.4, 0.5) is 0 Å². The van der Waals surface area contributed by atoms with Crippen LogP contribution in [0, 0.1) is 0 Å². The summed E-state index contributed by atoms with van der Waals surface area (Å²) in [6.45, 7) is 3.55. The van der Waals surface area contributed by atoms with Crippen molar-refractivity contribution in [3.05, 3.63) is 18.0 Å². The molecule has 0 amide bonds. The Balaban J connectivity index is 1.83. The Bertz CT molecular complexity index is 403. The number of hydrogen-bond donors (Lipinski definition) is 1. The summed E-state index contributed by atoms with van der Waals surface area (Å²) in [6.07, 6.45) is 5.36. The van der Waals surface area contributed by atoms with Gasteiger partial charge in [-0.05, 0) is 46.5 Å². The molecule has 5 nitrogen and oxygen atoms in total. The van der Waals surface area contributed by atoms with Gasteiger partial charge in [-0.25, -0.2) is 0 Å². The molecule has 1 aliphatic rings. The second kappa shape index (κ2) is 7.20. The molecule has 0 radical (unpaired) electrons. The topological polar surface area (TPSA) is 36.3 Å². The molecule has 5 heteroatoms. The molecule has 2 atom stereocenters. The second-order valence-corrected chi connectivity index (χ2v) is 6.10. The third-order valence-electron chi connectivity index (χ3n) is 4.62. The van der Waals surface area contributed by atoms with Crippen molar-refractivity contribution < 1.29 is 0 Å². The first kappa shape index (κ1) is 15.5. The minimum Gasteiger partial charge on any atom is -0.317 e. The van der Waals surface area contributed by atoms with E-state index in [0.29, 0.717) is 12.1 Å². The summed E-state index contributed by atoms with van der Waals surface area (Å²) in [5.74, 6) is 0. The molecule has 114 valence electrons. The van der Waals surface area contributed by atoms with Crippen LogP contribution in [0.2, 0.25) is 0 Å². The van der Waals surface area contributed by atoms with Crippen molar-refractivity contribution in [3.8, 4) is 0 Å². The molecule has 0 bridgehead atoms. The van der Waals surface area contributed by atoms with E-state index in [-0.39, 0.29) is 0 Å². The van der Waals surface area contributed by atoms with E-state index >= 15 is 0 Å². The van der Waals surface area contributed by atoms with Crippen molar-refractivity contribution in [1.29, 1.82) is 0 Å². The first-order valence-electron chi connectivity index (χ1n) is 7.63. The predicted molar refractivity (Wildman–Crippen MR) is 82.9 cm³/mol. The standard InChI is InChI=1S/C15H29N5/c1-16-13(5-6-14-7-8-17-20(14)4)11-15-12-18(2)9-10-19(15)3/h7-8,13,15-16H,5-6,9-12H2,1-4H3. The van der Waals surface area contributed by atoms with E-state index in [1.807, 2.05) is 17.9 Å². The van der Waals surface area contributed by atoms with Crippen LogP contribution in [-0.4, -0.2) is 72.4 Å². The lowest BCUT2D eigenvalue weighted by atomic mass is 9.99. The summed E-state index contributed by atoms with van der Waals surface area (Å²) >= 11 is 0. The molecule has 2 rings (SSSR count). The third kappa shape index (κ3) is 4.04. The minimum atomic E-state index is 0.573. The second-order valence-electron chi connectivity index (χ2n) is 6.10. The van der Waals surface area contributed by atoms with E-state index in [9.17, 15) is 0 Å². The lowest BCUT2D eigenvalue weighted by Gasteiger charge is -2.39. The predicted octanol–water partition coefficient (Wildman–Crippen LogP) is 0.577. The highest BCUT2D eigenvalue weighted by molar-refractivity contribution is 5.00. The lowest BCUT2D eigenvalue weighted by molar-refractivity contribution is 0.101. The summed E-state index contributed by atoms with van der Waals surface area (Å²) < 4.78 is 1.98. The Morgan fingerprint density at radius 3 is 2.80 bits per heavy atom. The normalized spacial score (nSPS) is 23.1. The minimum absolute atomic E-state index is 0.573. The number of rotatable bonds is 6. The first-order chi connectivity index (χ1) is 9.60. The van der Waals surface area contributed by atoms with Crippen molar-refractivity contribution in [3.63, 3.8) is 0 Å². The number of likely N-dealkylation sites (N-methyl/N-ethyl adjacent to an activating group) is 2. The Kier molecular flexibility index (Phi) is 5.57. The van der Waals surface area contributed by atoms with Crippen LogP contribution in [0.5, 0.6) is 0 Å². The van der Waals surface area contributed by atoms with E-state index in [4.69, 9.17) is 0 Å². The van der Waals surface area contributed by atoms with Gasteiger partial charge in [0.1, 0.15) is 0 Å². The smallest absolute Gasteiger partial charge is 0.0492 e. The van der Waals surface area contributed by atoms with Gasteiger partial charge in [0, 0.05) is 50.7 Å². The van der Waals surface area contributed by atoms with E-state index in [0.717, 1.165) is 6.42 Å². The van der Waals surface area contributed by atoms with Gasteiger partial charge in [-0.1, -0.05) is 0 Å². The summed E-state index contributed by atoms with van der Waals surface area (Å²) in [7, 11) is 8.59. The maximum absolute atomic E-state index is 4.24. The van der Waals surface area contributed by atoms with Gasteiger partial charge >= 0.3 is 0 Å². The fourth-order valence-electron chi connectivity index (χ4n) is 3.03. The van der Waals surface area contributed by atoms with Crippen molar-refractivity contribution in [2.45, 2.75) is 31.3 Å². The molecule has 2 unspecified atom stereocenters. The van der Waals surface area contributed by atoms with Gasteiger partial charge in [0.25, 0.3) is 0 Å². The maximum atomic E-state index is 4.24. The van der Waals surface area contributed by atoms with E-state index in [1.165, 1.54) is 38.2 Å². The van der Waals surface area contributed by atoms with Crippen molar-refractivity contribution in [2.75, 3.05) is 40.8 Å². The third-order valence-corrected chi connectivity index (χ3v) is 4.62. The maximum Gasteiger partial charge on any atom is 0.0492 e. The monoisotopic (exact) mass is 279 g/mol. The van der Waals surface area contributed by atoms with Crippen molar-refractivity contribution in [2.24, 2.45) is 7.05 Å². The molecular weight excluding hydrogens is 250 g/mol. The van der Waals surface area contributed by atoms with Crippen LogP contribution in [0.25, 0.3) is 0 Å². The van der Waals surface area contributed by atoms with Crippen molar-refractivity contribution in [1.82, 2.24) is 24.9 Å². The fraction of sp³-hybridized carbons (Fsp3) is 0.800. The number of nitrogens with one attached hydrogen (secondary N) is 1. The van der Waals surface area contributed by atoms with Gasteiger partial charge in [-0.15, -0.1) is 0 Å². The zero-order valence-corrected chi connectivity index (χ0v) is 13.3. The Morgan fingerprint density at radius 1 is 1.35 bits per heavy atom. The largest absolute Gasteiger partial charge is 0.317 e. The molecule has 1 aromatic heterocycles. The summed E-state index contributed by atoms with van der Waals surface area (Å²) in [4.78, 5) is 4.95. The van der Waals surface area contributed by atoms with Crippen LogP contribution in [-0.2, 0) is 13.5 Å². The SMILES string of the molecule is CNC(CCc1ccnn1C)CC1CN(C)CCN1C. The molecule has 1 fully saturated rings. The number of hydrogen-bond acceptors (Lipinski definition) is 4. The van der Waals surface area contributed by atoms with Crippen LogP contribution in [0.1, 0.15) is 18.5 Å². The molecule has 1 aromatic rings.